The summed E-state index contributed by atoms with van der Waals surface area (Å²) in [7, 11) is 0. The van der Waals surface area contributed by atoms with Gasteiger partial charge in [-0.15, -0.1) is 0 Å². The molecule has 3 heterocycles. The molecule has 0 saturated carbocycles. The number of imidazole rings is 1. The van der Waals surface area contributed by atoms with Gasteiger partial charge in [0.15, 0.2) is 0 Å². The lowest BCUT2D eigenvalue weighted by atomic mass is 10.3. The number of hydrogen-bond acceptors (Lipinski definition) is 4. The van der Waals surface area contributed by atoms with Crippen LogP contribution in [0.2, 0.25) is 0 Å². The standard InChI is InChI=1S/C20H26N6O/c1-16-13-17(2)26(22-16)12-9-23-7-10-24(11-8-23)20(27)14-25-15-21-18-5-3-4-6-19(18)25/h3-6,13,15H,7-12,14H2,1-2H3. The lowest BCUT2D eigenvalue weighted by Crippen LogP contribution is -2.50. The first kappa shape index (κ1) is 17.7. The zero-order valence-corrected chi connectivity index (χ0v) is 16.0. The molecule has 0 spiro atoms. The third-order valence-corrected chi connectivity index (χ3v) is 5.29. The van der Waals surface area contributed by atoms with E-state index in [-0.39, 0.29) is 5.91 Å². The Kier molecular flexibility index (Phi) is 4.94. The average Bonchev–Trinajstić information content (AvgIpc) is 3.23. The van der Waals surface area contributed by atoms with E-state index < -0.39 is 0 Å². The van der Waals surface area contributed by atoms with E-state index in [0.29, 0.717) is 6.54 Å². The molecule has 2 aromatic heterocycles. The fraction of sp³-hybridized carbons (Fsp3) is 0.450. The van der Waals surface area contributed by atoms with E-state index in [1.807, 2.05) is 40.7 Å². The van der Waals surface area contributed by atoms with Crippen molar-refractivity contribution in [1.29, 1.82) is 0 Å². The number of carbonyl (C=O) groups is 1. The van der Waals surface area contributed by atoms with Crippen molar-refractivity contribution in [3.05, 3.63) is 48.0 Å². The molecule has 1 saturated heterocycles. The zero-order valence-electron chi connectivity index (χ0n) is 16.0. The second-order valence-electron chi connectivity index (χ2n) is 7.23. The number of rotatable bonds is 5. The van der Waals surface area contributed by atoms with E-state index in [4.69, 9.17) is 0 Å². The Labute approximate surface area is 159 Å². The molecular weight excluding hydrogens is 340 g/mol. The number of fused-ring (bicyclic) bond motifs is 1. The second-order valence-corrected chi connectivity index (χ2v) is 7.23. The molecule has 0 radical (unpaired) electrons. The number of piperazine rings is 1. The number of hydrogen-bond donors (Lipinski definition) is 0. The number of para-hydroxylation sites is 2. The Morgan fingerprint density at radius 3 is 2.59 bits per heavy atom. The van der Waals surface area contributed by atoms with Gasteiger partial charge < -0.3 is 9.47 Å². The number of amides is 1. The van der Waals surface area contributed by atoms with Crippen molar-refractivity contribution in [2.24, 2.45) is 0 Å². The maximum Gasteiger partial charge on any atom is 0.242 e. The van der Waals surface area contributed by atoms with Crippen LogP contribution in [-0.4, -0.2) is 67.8 Å². The van der Waals surface area contributed by atoms with Crippen LogP contribution < -0.4 is 0 Å². The van der Waals surface area contributed by atoms with Crippen molar-refractivity contribution in [3.8, 4) is 0 Å². The van der Waals surface area contributed by atoms with Gasteiger partial charge in [-0.2, -0.15) is 5.10 Å². The van der Waals surface area contributed by atoms with Gasteiger partial charge in [0.2, 0.25) is 5.91 Å². The molecule has 3 aromatic rings. The highest BCUT2D eigenvalue weighted by Crippen LogP contribution is 2.13. The topological polar surface area (TPSA) is 59.2 Å². The van der Waals surface area contributed by atoms with Crippen LogP contribution in [-0.2, 0) is 17.9 Å². The van der Waals surface area contributed by atoms with Gasteiger partial charge in [0.1, 0.15) is 6.54 Å². The summed E-state index contributed by atoms with van der Waals surface area (Å²) in [6.07, 6.45) is 1.76. The summed E-state index contributed by atoms with van der Waals surface area (Å²) in [6.45, 7) is 9.72. The summed E-state index contributed by atoms with van der Waals surface area (Å²) in [4.78, 5) is 21.4. The highest BCUT2D eigenvalue weighted by molar-refractivity contribution is 5.80. The molecule has 142 valence electrons. The number of benzene rings is 1. The molecule has 1 aromatic carbocycles. The lowest BCUT2D eigenvalue weighted by Gasteiger charge is -2.34. The van der Waals surface area contributed by atoms with Crippen LogP contribution >= 0.6 is 0 Å². The van der Waals surface area contributed by atoms with Gasteiger partial charge in [-0.3, -0.25) is 14.4 Å². The predicted octanol–water partition coefficient (Wildman–Crippen LogP) is 1.69. The summed E-state index contributed by atoms with van der Waals surface area (Å²) in [6, 6.07) is 10.0. The van der Waals surface area contributed by atoms with Crippen LogP contribution in [0.3, 0.4) is 0 Å². The number of aromatic nitrogens is 4. The normalized spacial score (nSPS) is 15.6. The van der Waals surface area contributed by atoms with Gasteiger partial charge in [-0.05, 0) is 32.0 Å². The summed E-state index contributed by atoms with van der Waals surface area (Å²) in [5, 5.41) is 4.52. The van der Waals surface area contributed by atoms with Gasteiger partial charge >= 0.3 is 0 Å². The smallest absolute Gasteiger partial charge is 0.242 e. The molecular formula is C20H26N6O. The minimum Gasteiger partial charge on any atom is -0.339 e. The van der Waals surface area contributed by atoms with Crippen LogP contribution in [0, 0.1) is 13.8 Å². The van der Waals surface area contributed by atoms with Crippen molar-refractivity contribution < 1.29 is 4.79 Å². The Bertz CT molecular complexity index is 935. The highest BCUT2D eigenvalue weighted by Gasteiger charge is 2.21. The van der Waals surface area contributed by atoms with Crippen LogP contribution in [0.4, 0.5) is 0 Å². The summed E-state index contributed by atoms with van der Waals surface area (Å²) < 4.78 is 4.00. The minimum atomic E-state index is 0.163. The van der Waals surface area contributed by atoms with Crippen molar-refractivity contribution >= 4 is 16.9 Å². The molecule has 27 heavy (non-hydrogen) atoms. The average molecular weight is 366 g/mol. The Balaban J connectivity index is 1.28. The maximum atomic E-state index is 12.7. The third kappa shape index (κ3) is 3.88. The summed E-state index contributed by atoms with van der Waals surface area (Å²) in [5.74, 6) is 0.163. The first-order valence-corrected chi connectivity index (χ1v) is 9.51. The summed E-state index contributed by atoms with van der Waals surface area (Å²) in [5.41, 5.74) is 4.21. The van der Waals surface area contributed by atoms with Crippen molar-refractivity contribution in [3.63, 3.8) is 0 Å². The van der Waals surface area contributed by atoms with Crippen molar-refractivity contribution in [1.82, 2.24) is 29.1 Å². The largest absolute Gasteiger partial charge is 0.339 e. The number of aryl methyl sites for hydroxylation is 2. The Hall–Kier alpha value is -2.67. The van der Waals surface area contributed by atoms with E-state index in [9.17, 15) is 4.79 Å². The fourth-order valence-electron chi connectivity index (χ4n) is 3.74. The molecule has 0 aliphatic carbocycles. The molecule has 1 aliphatic rings. The number of nitrogens with zero attached hydrogens (tertiary/aromatic N) is 6. The van der Waals surface area contributed by atoms with E-state index in [1.54, 1.807) is 6.33 Å². The van der Waals surface area contributed by atoms with Gasteiger partial charge in [0.05, 0.1) is 29.6 Å². The molecule has 0 atom stereocenters. The van der Waals surface area contributed by atoms with E-state index in [1.165, 1.54) is 5.69 Å². The SMILES string of the molecule is Cc1cc(C)n(CCN2CCN(C(=O)Cn3cnc4ccccc43)CC2)n1. The molecule has 1 amide bonds. The van der Waals surface area contributed by atoms with E-state index >= 15 is 0 Å². The van der Waals surface area contributed by atoms with Crippen molar-refractivity contribution in [2.45, 2.75) is 26.9 Å². The van der Waals surface area contributed by atoms with Gasteiger partial charge in [-0.25, -0.2) is 4.98 Å². The lowest BCUT2D eigenvalue weighted by molar-refractivity contribution is -0.133. The predicted molar refractivity (Wildman–Crippen MR) is 104 cm³/mol. The Morgan fingerprint density at radius 1 is 1.07 bits per heavy atom. The molecule has 0 bridgehead atoms. The van der Waals surface area contributed by atoms with Crippen LogP contribution in [0.5, 0.6) is 0 Å². The van der Waals surface area contributed by atoms with Crippen LogP contribution in [0.1, 0.15) is 11.4 Å². The molecule has 0 N–H and O–H groups in total. The van der Waals surface area contributed by atoms with E-state index in [0.717, 1.165) is 56.0 Å². The molecule has 7 nitrogen and oxygen atoms in total. The van der Waals surface area contributed by atoms with Crippen LogP contribution in [0.15, 0.2) is 36.7 Å². The van der Waals surface area contributed by atoms with Gasteiger partial charge in [0, 0.05) is 38.4 Å². The zero-order chi connectivity index (χ0) is 18.8. The Morgan fingerprint density at radius 2 is 1.85 bits per heavy atom. The van der Waals surface area contributed by atoms with Gasteiger partial charge in [-0.1, -0.05) is 12.1 Å². The minimum absolute atomic E-state index is 0.163. The number of carbonyl (C=O) groups excluding carboxylic acids is 1. The van der Waals surface area contributed by atoms with Crippen molar-refractivity contribution in [2.75, 3.05) is 32.7 Å². The molecule has 1 aliphatic heterocycles. The first-order valence-electron chi connectivity index (χ1n) is 9.51. The fourth-order valence-corrected chi connectivity index (χ4v) is 3.74. The molecule has 7 heteroatoms. The molecule has 0 unspecified atom stereocenters. The van der Waals surface area contributed by atoms with Gasteiger partial charge in [0.25, 0.3) is 0 Å². The van der Waals surface area contributed by atoms with E-state index in [2.05, 4.69) is 32.7 Å². The highest BCUT2D eigenvalue weighted by atomic mass is 16.2. The molecule has 1 fully saturated rings. The first-order chi connectivity index (χ1) is 13.1. The third-order valence-electron chi connectivity index (χ3n) is 5.29. The monoisotopic (exact) mass is 366 g/mol. The maximum absolute atomic E-state index is 12.7. The molecule has 4 rings (SSSR count). The quantitative estimate of drug-likeness (QED) is 0.690. The van der Waals surface area contributed by atoms with Crippen LogP contribution in [0.25, 0.3) is 11.0 Å². The summed E-state index contributed by atoms with van der Waals surface area (Å²) >= 11 is 0. The second kappa shape index (κ2) is 7.52.